The fourth-order valence-electron chi connectivity index (χ4n) is 2.76. The minimum atomic E-state index is -3.51. The van der Waals surface area contributed by atoms with E-state index in [-0.39, 0.29) is 10.9 Å². The molecule has 3 heterocycles. The van der Waals surface area contributed by atoms with Gasteiger partial charge < -0.3 is 9.42 Å². The van der Waals surface area contributed by atoms with Gasteiger partial charge in [-0.1, -0.05) is 5.16 Å². The lowest BCUT2D eigenvalue weighted by atomic mass is 10.1. The number of sulfonamides is 1. The van der Waals surface area contributed by atoms with E-state index in [1.165, 1.54) is 10.5 Å². The average Bonchev–Trinajstić information content (AvgIpc) is 3.09. The summed E-state index contributed by atoms with van der Waals surface area (Å²) >= 11 is 0. The summed E-state index contributed by atoms with van der Waals surface area (Å²) in [5.41, 5.74) is 0.911. The molecule has 0 N–H and O–H groups in total. The van der Waals surface area contributed by atoms with E-state index < -0.39 is 10.0 Å². The van der Waals surface area contributed by atoms with Gasteiger partial charge in [0.15, 0.2) is 0 Å². The van der Waals surface area contributed by atoms with E-state index in [2.05, 4.69) is 24.5 Å². The van der Waals surface area contributed by atoms with Crippen LogP contribution in [0.25, 0.3) is 0 Å². The second-order valence-electron chi connectivity index (χ2n) is 5.62. The molecule has 0 unspecified atom stereocenters. The van der Waals surface area contributed by atoms with Crippen molar-refractivity contribution in [3.05, 3.63) is 30.5 Å². The van der Waals surface area contributed by atoms with Crippen LogP contribution in [0.4, 0.5) is 5.82 Å². The third kappa shape index (κ3) is 3.20. The average molecular weight is 337 g/mol. The van der Waals surface area contributed by atoms with Crippen LogP contribution in [0.1, 0.15) is 18.5 Å². The van der Waals surface area contributed by atoms with Crippen LogP contribution in [-0.2, 0) is 10.0 Å². The van der Waals surface area contributed by atoms with Crippen molar-refractivity contribution in [2.75, 3.05) is 25.0 Å². The lowest BCUT2D eigenvalue weighted by Gasteiger charge is -2.36. The van der Waals surface area contributed by atoms with Crippen LogP contribution < -0.4 is 4.90 Å². The van der Waals surface area contributed by atoms with E-state index in [9.17, 15) is 8.42 Å². The summed E-state index contributed by atoms with van der Waals surface area (Å²) < 4.78 is 31.0. The summed E-state index contributed by atoms with van der Waals surface area (Å²) in [7, 11) is -1.52. The van der Waals surface area contributed by atoms with Crippen molar-refractivity contribution in [2.24, 2.45) is 0 Å². The highest BCUT2D eigenvalue weighted by Gasteiger charge is 2.32. The maximum absolute atomic E-state index is 12.4. The van der Waals surface area contributed by atoms with Crippen LogP contribution in [0.2, 0.25) is 0 Å². The first-order chi connectivity index (χ1) is 11.0. The van der Waals surface area contributed by atoms with Crippen LogP contribution >= 0.6 is 0 Å². The monoisotopic (exact) mass is 337 g/mol. The molecular weight excluding hydrogens is 318 g/mol. The minimum Gasteiger partial charge on any atom is -0.363 e. The highest BCUT2D eigenvalue weighted by Crippen LogP contribution is 2.24. The zero-order valence-corrected chi connectivity index (χ0v) is 13.9. The van der Waals surface area contributed by atoms with Crippen molar-refractivity contribution in [2.45, 2.75) is 30.7 Å². The van der Waals surface area contributed by atoms with Gasteiger partial charge in [-0.25, -0.2) is 18.4 Å². The standard InChI is InChI=1S/C14H19N5O3S/c1-11-7-14(16-10-15-11)18(2)12-3-5-19(6-4-12)23(20,21)13-8-17-22-9-13/h7-10,12H,3-6H2,1-2H3. The molecule has 0 amide bonds. The number of nitrogens with zero attached hydrogens (tertiary/aromatic N) is 5. The van der Waals surface area contributed by atoms with Gasteiger partial charge in [-0.15, -0.1) is 0 Å². The van der Waals surface area contributed by atoms with Crippen molar-refractivity contribution < 1.29 is 12.9 Å². The Kier molecular flexibility index (Phi) is 4.31. The maximum atomic E-state index is 12.4. The second kappa shape index (κ2) is 6.25. The molecule has 23 heavy (non-hydrogen) atoms. The van der Waals surface area contributed by atoms with Crippen LogP contribution in [0.3, 0.4) is 0 Å². The van der Waals surface area contributed by atoms with E-state index in [0.29, 0.717) is 13.1 Å². The zero-order chi connectivity index (χ0) is 16.4. The molecule has 0 radical (unpaired) electrons. The predicted molar refractivity (Wildman–Crippen MR) is 83.5 cm³/mol. The molecule has 0 aliphatic carbocycles. The Hall–Kier alpha value is -2.00. The Bertz CT molecular complexity index is 754. The van der Waals surface area contributed by atoms with Gasteiger partial charge in [0.1, 0.15) is 23.3 Å². The lowest BCUT2D eigenvalue weighted by Crippen LogP contribution is -2.45. The molecule has 2 aromatic heterocycles. The van der Waals surface area contributed by atoms with Crippen molar-refractivity contribution in [3.63, 3.8) is 0 Å². The van der Waals surface area contributed by atoms with Gasteiger partial charge >= 0.3 is 0 Å². The second-order valence-corrected chi connectivity index (χ2v) is 7.56. The molecule has 1 aliphatic rings. The molecule has 2 aromatic rings. The van der Waals surface area contributed by atoms with Crippen molar-refractivity contribution >= 4 is 15.8 Å². The first-order valence-corrected chi connectivity index (χ1v) is 8.83. The Morgan fingerprint density at radius 1 is 1.30 bits per heavy atom. The SMILES string of the molecule is Cc1cc(N(C)C2CCN(S(=O)(=O)c3cnoc3)CC2)ncn1. The normalized spacial score (nSPS) is 17.3. The van der Waals surface area contributed by atoms with Crippen LogP contribution in [0.5, 0.6) is 0 Å². The fraction of sp³-hybridized carbons (Fsp3) is 0.500. The van der Waals surface area contributed by atoms with Crippen molar-refractivity contribution in [1.82, 2.24) is 19.4 Å². The summed E-state index contributed by atoms with van der Waals surface area (Å²) in [6, 6.07) is 2.18. The van der Waals surface area contributed by atoms with Gasteiger partial charge in [-0.05, 0) is 19.8 Å². The fourth-order valence-corrected chi connectivity index (χ4v) is 4.09. The molecular formula is C14H19N5O3S. The number of aromatic nitrogens is 3. The minimum absolute atomic E-state index is 0.107. The Morgan fingerprint density at radius 3 is 2.65 bits per heavy atom. The highest BCUT2D eigenvalue weighted by atomic mass is 32.2. The summed E-state index contributed by atoms with van der Waals surface area (Å²) in [5, 5.41) is 3.47. The number of anilines is 1. The molecule has 0 spiro atoms. The van der Waals surface area contributed by atoms with Gasteiger partial charge in [0, 0.05) is 37.9 Å². The number of hydrogen-bond acceptors (Lipinski definition) is 7. The third-order valence-electron chi connectivity index (χ3n) is 4.17. The Balaban J connectivity index is 1.67. The van der Waals surface area contributed by atoms with Crippen LogP contribution in [-0.4, -0.2) is 54.0 Å². The first-order valence-electron chi connectivity index (χ1n) is 7.39. The van der Waals surface area contributed by atoms with E-state index in [1.807, 2.05) is 20.0 Å². The smallest absolute Gasteiger partial charge is 0.247 e. The molecule has 1 fully saturated rings. The quantitative estimate of drug-likeness (QED) is 0.823. The number of piperidine rings is 1. The summed E-state index contributed by atoms with van der Waals surface area (Å²) in [6.07, 6.45) is 5.43. The van der Waals surface area contributed by atoms with Gasteiger partial charge in [0.05, 0.1) is 6.20 Å². The Morgan fingerprint density at radius 2 is 2.04 bits per heavy atom. The third-order valence-corrected chi connectivity index (χ3v) is 6.01. The zero-order valence-electron chi connectivity index (χ0n) is 13.1. The van der Waals surface area contributed by atoms with Gasteiger partial charge in [-0.2, -0.15) is 4.31 Å². The predicted octanol–water partition coefficient (Wildman–Crippen LogP) is 1.06. The summed E-state index contributed by atoms with van der Waals surface area (Å²) in [4.78, 5) is 10.6. The van der Waals surface area contributed by atoms with E-state index in [4.69, 9.17) is 0 Å². The van der Waals surface area contributed by atoms with Crippen molar-refractivity contribution in [1.29, 1.82) is 0 Å². The molecule has 0 saturated carbocycles. The molecule has 1 aliphatic heterocycles. The molecule has 1 saturated heterocycles. The van der Waals surface area contributed by atoms with E-state index in [1.54, 1.807) is 6.33 Å². The summed E-state index contributed by atoms with van der Waals surface area (Å²) in [5.74, 6) is 0.859. The first kappa shape index (κ1) is 15.9. The molecule has 0 atom stereocenters. The van der Waals surface area contributed by atoms with Gasteiger partial charge in [-0.3, -0.25) is 0 Å². The largest absolute Gasteiger partial charge is 0.363 e. The van der Waals surface area contributed by atoms with Crippen molar-refractivity contribution in [3.8, 4) is 0 Å². The number of hydrogen-bond donors (Lipinski definition) is 0. The van der Waals surface area contributed by atoms with E-state index >= 15 is 0 Å². The highest BCUT2D eigenvalue weighted by molar-refractivity contribution is 7.89. The molecule has 9 heteroatoms. The topological polar surface area (TPSA) is 92.4 Å². The number of rotatable bonds is 4. The molecule has 8 nitrogen and oxygen atoms in total. The van der Waals surface area contributed by atoms with Gasteiger partial charge in [0.2, 0.25) is 10.0 Å². The summed E-state index contributed by atoms with van der Waals surface area (Å²) in [6.45, 7) is 2.85. The van der Waals surface area contributed by atoms with Crippen LogP contribution in [0, 0.1) is 6.92 Å². The van der Waals surface area contributed by atoms with E-state index in [0.717, 1.165) is 30.6 Å². The maximum Gasteiger partial charge on any atom is 0.247 e. The lowest BCUT2D eigenvalue weighted by molar-refractivity contribution is 0.314. The Labute approximate surface area is 135 Å². The number of aryl methyl sites for hydroxylation is 1. The molecule has 124 valence electrons. The van der Waals surface area contributed by atoms with Gasteiger partial charge in [0.25, 0.3) is 0 Å². The molecule has 0 bridgehead atoms. The molecule has 3 rings (SSSR count). The van der Waals surface area contributed by atoms with Crippen LogP contribution in [0.15, 0.2) is 34.3 Å². The molecule has 0 aromatic carbocycles.